The van der Waals surface area contributed by atoms with Gasteiger partial charge in [-0.05, 0) is 75.0 Å². The molecule has 3 fully saturated rings. The van der Waals surface area contributed by atoms with Crippen LogP contribution in [-0.2, 0) is 9.53 Å². The van der Waals surface area contributed by atoms with Gasteiger partial charge in [0.05, 0.1) is 16.6 Å². The average molecular weight is 521 g/mol. The largest absolute Gasteiger partial charge is 0.416 e. The smallest absolute Gasteiger partial charge is 0.381 e. The Labute approximate surface area is 207 Å². The molecule has 0 spiro atoms. The maximum absolute atomic E-state index is 13.6. The molecule has 2 unspecified atom stereocenters. The van der Waals surface area contributed by atoms with Gasteiger partial charge in [0, 0.05) is 31.8 Å². The van der Waals surface area contributed by atoms with Gasteiger partial charge in [0.1, 0.15) is 0 Å². The summed E-state index contributed by atoms with van der Waals surface area (Å²) in [6.45, 7) is 1.22. The van der Waals surface area contributed by atoms with Crippen LogP contribution in [0.4, 0.5) is 26.3 Å². The lowest BCUT2D eigenvalue weighted by molar-refractivity contribution is -0.134. The van der Waals surface area contributed by atoms with E-state index in [0.717, 1.165) is 57.1 Å². The Morgan fingerprint density at radius 3 is 2.22 bits per heavy atom. The Morgan fingerprint density at radius 1 is 0.917 bits per heavy atom. The second kappa shape index (κ2) is 10.9. The topological polar surface area (TPSA) is 50.4 Å². The number of hydrogen-bond donors (Lipinski definition) is 2. The number of ether oxygens (including phenoxy) is 1. The SMILES string of the molecule is O=C(NCC1=CC(C(F)(F)F)=CC(C(F)(F)F)=CC1)C1(C2CCCC2)CCC(NC2CCOCC2)C1. The van der Waals surface area contributed by atoms with E-state index in [1.807, 2.05) is 0 Å². The van der Waals surface area contributed by atoms with Gasteiger partial charge in [0.25, 0.3) is 0 Å². The van der Waals surface area contributed by atoms with Crippen molar-refractivity contribution in [3.05, 3.63) is 34.9 Å². The maximum atomic E-state index is 13.6. The highest BCUT2D eigenvalue weighted by molar-refractivity contribution is 5.83. The highest BCUT2D eigenvalue weighted by Gasteiger charge is 2.51. The van der Waals surface area contributed by atoms with Crippen LogP contribution in [0.3, 0.4) is 0 Å². The molecule has 36 heavy (non-hydrogen) atoms. The third-order valence-corrected chi connectivity index (χ3v) is 8.22. The molecular weight excluding hydrogens is 486 g/mol. The molecule has 4 rings (SSSR count). The molecule has 0 radical (unpaired) electrons. The van der Waals surface area contributed by atoms with Gasteiger partial charge in [-0.25, -0.2) is 0 Å². The molecule has 4 aliphatic rings. The number of nitrogens with one attached hydrogen (secondary N) is 2. The number of halogens is 6. The van der Waals surface area contributed by atoms with E-state index >= 15 is 0 Å². The van der Waals surface area contributed by atoms with Crippen LogP contribution in [0.5, 0.6) is 0 Å². The zero-order valence-corrected chi connectivity index (χ0v) is 20.2. The number of alkyl halides is 6. The van der Waals surface area contributed by atoms with Crippen molar-refractivity contribution in [2.45, 2.75) is 88.6 Å². The van der Waals surface area contributed by atoms with E-state index in [0.29, 0.717) is 32.1 Å². The second-order valence-electron chi connectivity index (χ2n) is 10.6. The average Bonchev–Trinajstić information content (AvgIpc) is 3.43. The monoisotopic (exact) mass is 520 g/mol. The van der Waals surface area contributed by atoms with Gasteiger partial charge in [-0.1, -0.05) is 18.9 Å². The zero-order chi connectivity index (χ0) is 26.0. The molecule has 0 bridgehead atoms. The molecule has 1 saturated heterocycles. The molecule has 3 aliphatic carbocycles. The van der Waals surface area contributed by atoms with Crippen LogP contribution in [-0.4, -0.2) is 50.1 Å². The fourth-order valence-electron chi connectivity index (χ4n) is 6.30. The number of rotatable bonds is 6. The summed E-state index contributed by atoms with van der Waals surface area (Å²) >= 11 is 0. The Morgan fingerprint density at radius 2 is 1.58 bits per heavy atom. The highest BCUT2D eigenvalue weighted by Crippen LogP contribution is 2.51. The van der Waals surface area contributed by atoms with Crippen LogP contribution < -0.4 is 10.6 Å². The zero-order valence-electron chi connectivity index (χ0n) is 20.2. The number of amides is 1. The lowest BCUT2D eigenvalue weighted by Crippen LogP contribution is -2.46. The normalized spacial score (nSPS) is 28.9. The van der Waals surface area contributed by atoms with Crippen molar-refractivity contribution >= 4 is 5.91 Å². The van der Waals surface area contributed by atoms with Gasteiger partial charge in [-0.2, -0.15) is 26.3 Å². The Balaban J connectivity index is 1.46. The van der Waals surface area contributed by atoms with E-state index in [9.17, 15) is 31.1 Å². The molecule has 1 aliphatic heterocycles. The van der Waals surface area contributed by atoms with E-state index in [1.165, 1.54) is 0 Å². The Bertz CT molecular complexity index is 895. The van der Waals surface area contributed by atoms with Crippen LogP contribution in [0.15, 0.2) is 34.9 Å². The van der Waals surface area contributed by atoms with Crippen molar-refractivity contribution in [1.82, 2.24) is 10.6 Å². The second-order valence-corrected chi connectivity index (χ2v) is 10.6. The van der Waals surface area contributed by atoms with Crippen LogP contribution >= 0.6 is 0 Å². The summed E-state index contributed by atoms with van der Waals surface area (Å²) < 4.78 is 85.1. The van der Waals surface area contributed by atoms with Gasteiger partial charge < -0.3 is 15.4 Å². The van der Waals surface area contributed by atoms with Crippen LogP contribution in [0.2, 0.25) is 0 Å². The van der Waals surface area contributed by atoms with Crippen molar-refractivity contribution in [3.8, 4) is 0 Å². The lowest BCUT2D eigenvalue weighted by Gasteiger charge is -2.35. The van der Waals surface area contributed by atoms with Crippen molar-refractivity contribution in [2.24, 2.45) is 11.3 Å². The van der Waals surface area contributed by atoms with Crippen LogP contribution in [0.1, 0.15) is 64.2 Å². The summed E-state index contributed by atoms with van der Waals surface area (Å²) in [4.78, 5) is 13.6. The summed E-state index contributed by atoms with van der Waals surface area (Å²) in [5, 5.41) is 6.52. The molecule has 1 heterocycles. The predicted octanol–water partition coefficient (Wildman–Crippen LogP) is 5.91. The molecule has 202 valence electrons. The van der Waals surface area contributed by atoms with Crippen LogP contribution in [0, 0.1) is 11.3 Å². The van der Waals surface area contributed by atoms with Crippen LogP contribution in [0.25, 0.3) is 0 Å². The first-order chi connectivity index (χ1) is 17.0. The molecule has 2 atom stereocenters. The quantitative estimate of drug-likeness (QED) is 0.429. The first-order valence-electron chi connectivity index (χ1n) is 12.9. The van der Waals surface area contributed by atoms with Gasteiger partial charge in [-0.15, -0.1) is 0 Å². The van der Waals surface area contributed by atoms with Crippen molar-refractivity contribution in [1.29, 1.82) is 0 Å². The Kier molecular flexibility index (Phi) is 8.24. The fourth-order valence-corrected chi connectivity index (χ4v) is 6.30. The highest BCUT2D eigenvalue weighted by atomic mass is 19.4. The first-order valence-corrected chi connectivity index (χ1v) is 12.9. The maximum Gasteiger partial charge on any atom is 0.416 e. The lowest BCUT2D eigenvalue weighted by atomic mass is 9.71. The molecule has 1 amide bonds. The number of carbonyl (C=O) groups is 1. The molecule has 0 aromatic heterocycles. The van der Waals surface area contributed by atoms with Gasteiger partial charge in [0.15, 0.2) is 0 Å². The fraction of sp³-hybridized carbons (Fsp3) is 0.731. The molecule has 10 heteroatoms. The predicted molar refractivity (Wildman–Crippen MR) is 123 cm³/mol. The molecule has 4 nitrogen and oxygen atoms in total. The summed E-state index contributed by atoms with van der Waals surface area (Å²) in [5.41, 5.74) is -3.18. The number of allylic oxidation sites excluding steroid dienone is 5. The Hall–Kier alpha value is -1.81. The summed E-state index contributed by atoms with van der Waals surface area (Å²) in [7, 11) is 0. The third-order valence-electron chi connectivity index (χ3n) is 8.22. The van der Waals surface area contributed by atoms with Crippen molar-refractivity contribution in [3.63, 3.8) is 0 Å². The number of carbonyl (C=O) groups excluding carboxylic acids is 1. The van der Waals surface area contributed by atoms with E-state index in [4.69, 9.17) is 4.74 Å². The minimum absolute atomic E-state index is 0.0997. The molecule has 2 N–H and O–H groups in total. The summed E-state index contributed by atoms with van der Waals surface area (Å²) in [5.74, 6) is 0.0258. The van der Waals surface area contributed by atoms with E-state index in [-0.39, 0.29) is 42.5 Å². The van der Waals surface area contributed by atoms with Gasteiger partial charge >= 0.3 is 12.4 Å². The summed E-state index contributed by atoms with van der Waals surface area (Å²) in [6, 6.07) is 0.540. The van der Waals surface area contributed by atoms with Crippen molar-refractivity contribution in [2.75, 3.05) is 19.8 Å². The van der Waals surface area contributed by atoms with Gasteiger partial charge in [0.2, 0.25) is 5.91 Å². The van der Waals surface area contributed by atoms with Gasteiger partial charge in [-0.3, -0.25) is 4.79 Å². The molecule has 0 aromatic rings. The van der Waals surface area contributed by atoms with Crippen molar-refractivity contribution < 1.29 is 35.9 Å². The molecule has 2 saturated carbocycles. The summed E-state index contributed by atoms with van der Waals surface area (Å²) in [6.07, 6.45) is -0.425. The minimum Gasteiger partial charge on any atom is -0.381 e. The molecule has 0 aromatic carbocycles. The third kappa shape index (κ3) is 6.36. The van der Waals surface area contributed by atoms with E-state index in [1.54, 1.807) is 0 Å². The van der Waals surface area contributed by atoms with E-state index < -0.39 is 28.9 Å². The first kappa shape index (κ1) is 27.2. The standard InChI is InChI=1S/C26H34F6N2O2/c27-25(28,29)19-6-5-17(13-20(14-19)26(30,31)32)16-33-23(35)24(18-3-1-2-4-18)10-7-22(15-24)34-21-8-11-36-12-9-21/h6,13-14,18,21-22,34H,1-5,7-12,15-16H2,(H,33,35). The minimum atomic E-state index is -4.93. The van der Waals surface area contributed by atoms with E-state index in [2.05, 4.69) is 10.6 Å². The number of hydrogen-bond acceptors (Lipinski definition) is 3. The molecular formula is C26H34F6N2O2.